The zero-order valence-electron chi connectivity index (χ0n) is 1.71. The minimum atomic E-state index is -4.64. The minimum Gasteiger partial charge on any atom is -0.346 e. The van der Waals surface area contributed by atoms with Gasteiger partial charge >= 0.3 is 15.5 Å². The predicted octanol–water partition coefficient (Wildman–Crippen LogP) is -0.572. The Labute approximate surface area is 37.8 Å². The Morgan fingerprint density at radius 2 is 1.00 bits per heavy atom. The van der Waals surface area contributed by atoms with Crippen molar-refractivity contribution in [3.63, 3.8) is 0 Å². The van der Waals surface area contributed by atoms with Crippen LogP contribution in [-0.2, 0) is 0 Å². The van der Waals surface area contributed by atoms with Crippen molar-refractivity contribution in [1.29, 1.82) is 0 Å². The van der Waals surface area contributed by atoms with Crippen LogP contribution in [0.25, 0.3) is 0 Å². The van der Waals surface area contributed by atoms with Gasteiger partial charge in [0, 0.05) is 0 Å². The number of hydrogen-bond acceptors (Lipinski definition) is 0. The molecule has 0 aliphatic carbocycles. The molecule has 0 N–H and O–H groups in total. The summed E-state index contributed by atoms with van der Waals surface area (Å²) in [5, 5.41) is 0. The molecule has 0 rings (SSSR count). The van der Waals surface area contributed by atoms with Crippen molar-refractivity contribution in [3.05, 3.63) is 0 Å². The van der Waals surface area contributed by atoms with Gasteiger partial charge in [-0.25, -0.2) is 0 Å². The number of hydrogen-bond donors (Lipinski definition) is 0. The van der Waals surface area contributed by atoms with Gasteiger partial charge < -0.3 is 10.6 Å². The first-order chi connectivity index (χ1) is 1.73. The van der Waals surface area contributed by atoms with Crippen LogP contribution in [0, 0.1) is 0 Å². The van der Waals surface area contributed by atoms with E-state index in [9.17, 15) is 10.6 Å². The molecule has 0 unspecified atom stereocenters. The third kappa shape index (κ3) is 101. The lowest BCUT2D eigenvalue weighted by Crippen LogP contribution is -1.76. The molecular weight excluding hydrogens is 112 g/mol. The smallest absolute Gasteiger partial charge is 0.346 e. The summed E-state index contributed by atoms with van der Waals surface area (Å²) in [6, 6.07) is 0. The highest BCUT2D eigenvalue weighted by atomic mass is 28.1. The van der Waals surface area contributed by atoms with Gasteiger partial charge in [-0.1, -0.05) is 0 Å². The third-order valence-corrected chi connectivity index (χ3v) is 0. The molecule has 0 fully saturated rings. The van der Waals surface area contributed by atoms with E-state index in [-0.39, 0.29) is 11.0 Å². The van der Waals surface area contributed by atoms with Crippen LogP contribution < -0.4 is 0 Å². The molecule has 0 aliphatic heterocycles. The lowest BCUT2D eigenvalue weighted by Gasteiger charge is -1.52. The van der Waals surface area contributed by atoms with E-state index in [2.05, 4.69) is 0 Å². The molecule has 0 heterocycles. The van der Waals surface area contributed by atoms with E-state index in [1.165, 1.54) is 0 Å². The summed E-state index contributed by atoms with van der Waals surface area (Å²) in [5.74, 6) is 0. The summed E-state index contributed by atoms with van der Waals surface area (Å²) in [7, 11) is 0. The van der Waals surface area contributed by atoms with E-state index in [1.54, 1.807) is 0 Å². The average molecular weight is 116 g/mol. The van der Waals surface area contributed by atoms with Crippen LogP contribution >= 0.6 is 0 Å². The summed E-state index contributed by atoms with van der Waals surface area (Å²) in [6.07, 6.45) is 0. The quantitative estimate of drug-likeness (QED) is 0.372. The van der Waals surface area contributed by atoms with Crippen LogP contribution in [0.15, 0.2) is 0 Å². The highest BCUT2D eigenvalue weighted by Gasteiger charge is 2.21. The normalized spacial score (nSPS) is 5.40. The van der Waals surface area contributed by atoms with Gasteiger partial charge in [-0.15, -0.1) is 0 Å². The van der Waals surface area contributed by atoms with Crippen molar-refractivity contribution in [3.8, 4) is 0 Å². The first-order valence-corrected chi connectivity index (χ1v) is 1.96. The van der Waals surface area contributed by atoms with Crippen molar-refractivity contribution in [2.75, 3.05) is 0 Å². The third-order valence-electron chi connectivity index (χ3n) is 0. The molecule has 0 nitrogen and oxygen atoms in total. The van der Waals surface area contributed by atoms with Gasteiger partial charge in [0.2, 0.25) is 0 Å². The molecule has 0 bridgehead atoms. The van der Waals surface area contributed by atoms with Gasteiger partial charge in [-0.3, -0.25) is 0 Å². The summed E-state index contributed by atoms with van der Waals surface area (Å²) in [6.45, 7) is 0. The van der Waals surface area contributed by atoms with E-state index in [0.717, 1.165) is 0 Å². The topological polar surface area (TPSA) is 0 Å². The fourth-order valence-corrected chi connectivity index (χ4v) is 0. The Hall–Kier alpha value is 0.539. The fourth-order valence-electron chi connectivity index (χ4n) is 0. The van der Waals surface area contributed by atoms with Crippen molar-refractivity contribution >= 4 is 26.5 Å². The van der Waals surface area contributed by atoms with Gasteiger partial charge in [0.15, 0.2) is 0 Å². The molecule has 0 radical (unpaired) electrons. The molecular formula is H4AlF3Si. The summed E-state index contributed by atoms with van der Waals surface area (Å²) in [4.78, 5) is 0. The van der Waals surface area contributed by atoms with Gasteiger partial charge in [-0.2, -0.15) is 0 Å². The SMILES string of the molecule is [F][Al]([F])[F].[SiH4]. The van der Waals surface area contributed by atoms with Gasteiger partial charge in [0.05, 0.1) is 0 Å². The van der Waals surface area contributed by atoms with Gasteiger partial charge in [0.1, 0.15) is 0 Å². The van der Waals surface area contributed by atoms with Crippen LogP contribution in [0.4, 0.5) is 10.6 Å². The van der Waals surface area contributed by atoms with Crippen LogP contribution in [-0.4, -0.2) is 26.5 Å². The standard InChI is InChI=1S/Al.3FH.H4Si/h;3*1H;1H4/q+3;;;;/p-3. The Morgan fingerprint density at radius 1 is 1.00 bits per heavy atom. The molecule has 0 spiro atoms. The highest BCUT2D eigenvalue weighted by Crippen LogP contribution is 1.80. The van der Waals surface area contributed by atoms with Crippen molar-refractivity contribution in [2.24, 2.45) is 0 Å². The highest BCUT2D eigenvalue weighted by molar-refractivity contribution is 6.33. The maximum absolute atomic E-state index is 9.81. The second-order valence-corrected chi connectivity index (χ2v) is 0.742. The van der Waals surface area contributed by atoms with Crippen LogP contribution in [0.1, 0.15) is 0 Å². The zero-order chi connectivity index (χ0) is 3.58. The van der Waals surface area contributed by atoms with E-state index in [1.807, 2.05) is 0 Å². The Bertz CT molecular complexity index is 11.6. The molecule has 5 heteroatoms. The second kappa shape index (κ2) is 4.54. The maximum Gasteiger partial charge on any atom is 1.04 e. The molecule has 0 aliphatic rings. The molecule has 0 aromatic rings. The maximum atomic E-state index is 9.81. The number of halogens is 3. The predicted molar refractivity (Wildman–Crippen MR) is 20.4 cm³/mol. The molecule has 0 atom stereocenters. The van der Waals surface area contributed by atoms with E-state index in [4.69, 9.17) is 0 Å². The van der Waals surface area contributed by atoms with Crippen molar-refractivity contribution in [1.82, 2.24) is 0 Å². The second-order valence-electron chi connectivity index (χ2n) is 0.247. The summed E-state index contributed by atoms with van der Waals surface area (Å²) < 4.78 is 29.4. The largest absolute Gasteiger partial charge is 1.04 e. The Morgan fingerprint density at radius 3 is 1.00 bits per heavy atom. The monoisotopic (exact) mass is 116 g/mol. The molecule has 32 valence electrons. The lowest BCUT2D eigenvalue weighted by atomic mass is 18.6. The Kier molecular flexibility index (Phi) is 8.27. The number of rotatable bonds is 0. The van der Waals surface area contributed by atoms with E-state index in [0.29, 0.717) is 0 Å². The van der Waals surface area contributed by atoms with Crippen molar-refractivity contribution < 1.29 is 10.6 Å². The van der Waals surface area contributed by atoms with E-state index < -0.39 is 15.5 Å². The first-order valence-electron chi connectivity index (χ1n) is 0.655. The van der Waals surface area contributed by atoms with E-state index >= 15 is 0 Å². The van der Waals surface area contributed by atoms with Gasteiger partial charge in [0.25, 0.3) is 0 Å². The van der Waals surface area contributed by atoms with Crippen LogP contribution in [0.2, 0.25) is 0 Å². The first kappa shape index (κ1) is 9.11. The molecule has 0 saturated heterocycles. The molecule has 0 aromatic heterocycles. The molecule has 0 saturated carbocycles. The summed E-state index contributed by atoms with van der Waals surface area (Å²) >= 11 is -4.64. The molecule has 0 amide bonds. The van der Waals surface area contributed by atoms with Crippen LogP contribution in [0.5, 0.6) is 0 Å². The zero-order valence-corrected chi connectivity index (χ0v) is 2.87. The minimum absolute atomic E-state index is 0. The van der Waals surface area contributed by atoms with Crippen molar-refractivity contribution in [2.45, 2.75) is 0 Å². The fraction of sp³-hybridized carbons (Fsp3) is 0. The lowest BCUT2D eigenvalue weighted by molar-refractivity contribution is 0.535. The Balaban J connectivity index is 0. The summed E-state index contributed by atoms with van der Waals surface area (Å²) in [5.41, 5.74) is 0. The van der Waals surface area contributed by atoms with Crippen LogP contribution in [0.3, 0.4) is 0 Å². The average Bonchev–Trinajstić information content (AvgIpc) is 0.811. The molecule has 0 aromatic carbocycles. The molecule has 5 heavy (non-hydrogen) atoms. The van der Waals surface area contributed by atoms with Gasteiger partial charge in [-0.05, 0) is 11.0 Å².